The molecule has 0 aromatic heterocycles. The van der Waals surface area contributed by atoms with E-state index in [0.717, 1.165) is 25.2 Å². The van der Waals surface area contributed by atoms with Crippen molar-refractivity contribution in [3.8, 4) is 0 Å². The van der Waals surface area contributed by atoms with Crippen molar-refractivity contribution in [1.29, 1.82) is 0 Å². The second-order valence-corrected chi connectivity index (χ2v) is 7.74. The lowest BCUT2D eigenvalue weighted by Crippen LogP contribution is -2.55. The van der Waals surface area contributed by atoms with E-state index in [9.17, 15) is 17.6 Å². The Hall–Kier alpha value is -1.51. The van der Waals surface area contributed by atoms with Crippen LogP contribution in [-0.4, -0.2) is 51.4 Å². The number of piperidine rings is 1. The number of benzene rings is 1. The molecular weight excluding hydrogens is 321 g/mol. The van der Waals surface area contributed by atoms with Gasteiger partial charge in [0.1, 0.15) is 5.82 Å². The lowest BCUT2D eigenvalue weighted by molar-refractivity contribution is -0.138. The molecule has 2 aliphatic rings. The van der Waals surface area contributed by atoms with Gasteiger partial charge in [-0.15, -0.1) is 0 Å². The molecule has 2 N–H and O–H groups in total. The first-order chi connectivity index (χ1) is 11.0. The summed E-state index contributed by atoms with van der Waals surface area (Å²) in [5, 5.41) is 3.08. The van der Waals surface area contributed by atoms with E-state index in [2.05, 4.69) is 10.0 Å². The van der Waals surface area contributed by atoms with Crippen LogP contribution in [0.4, 0.5) is 4.39 Å². The molecule has 0 radical (unpaired) electrons. The number of sulfonamides is 1. The van der Waals surface area contributed by atoms with Crippen LogP contribution >= 0.6 is 0 Å². The van der Waals surface area contributed by atoms with Gasteiger partial charge in [-0.25, -0.2) is 17.5 Å². The van der Waals surface area contributed by atoms with Crippen molar-refractivity contribution in [3.63, 3.8) is 0 Å². The van der Waals surface area contributed by atoms with Crippen molar-refractivity contribution in [2.45, 2.75) is 23.8 Å². The van der Waals surface area contributed by atoms with Gasteiger partial charge >= 0.3 is 0 Å². The molecule has 2 saturated heterocycles. The number of nitrogens with zero attached hydrogens (tertiary/aromatic N) is 1. The van der Waals surface area contributed by atoms with Crippen molar-refractivity contribution in [1.82, 2.24) is 14.9 Å². The van der Waals surface area contributed by atoms with Crippen molar-refractivity contribution < 1.29 is 17.6 Å². The molecule has 0 aliphatic carbocycles. The molecule has 3 rings (SSSR count). The molecule has 6 nitrogen and oxygen atoms in total. The fourth-order valence-corrected chi connectivity index (χ4v) is 4.15. The summed E-state index contributed by atoms with van der Waals surface area (Å²) in [6.07, 6.45) is 1.18. The Morgan fingerprint density at radius 3 is 2.30 bits per heavy atom. The van der Waals surface area contributed by atoms with Gasteiger partial charge in [0, 0.05) is 32.2 Å². The Labute approximate surface area is 135 Å². The summed E-state index contributed by atoms with van der Waals surface area (Å²) in [6.45, 7) is 2.59. The Morgan fingerprint density at radius 1 is 1.17 bits per heavy atom. The van der Waals surface area contributed by atoms with Crippen LogP contribution in [0.2, 0.25) is 0 Å². The number of carbonyl (C=O) groups excluding carboxylic acids is 1. The molecule has 1 aromatic rings. The van der Waals surface area contributed by atoms with E-state index in [-0.39, 0.29) is 22.8 Å². The van der Waals surface area contributed by atoms with Crippen molar-refractivity contribution in [2.75, 3.05) is 26.2 Å². The first-order valence-corrected chi connectivity index (χ1v) is 9.21. The van der Waals surface area contributed by atoms with Crippen LogP contribution in [-0.2, 0) is 14.8 Å². The maximum atomic E-state index is 12.9. The first-order valence-electron chi connectivity index (χ1n) is 7.73. The molecule has 0 spiro atoms. The number of halogens is 1. The first kappa shape index (κ1) is 16.4. The van der Waals surface area contributed by atoms with E-state index >= 15 is 0 Å². The van der Waals surface area contributed by atoms with Crippen molar-refractivity contribution in [2.24, 2.45) is 5.92 Å². The van der Waals surface area contributed by atoms with E-state index in [1.807, 2.05) is 4.90 Å². The minimum atomic E-state index is -3.65. The summed E-state index contributed by atoms with van der Waals surface area (Å²) in [7, 11) is -3.65. The third-order valence-corrected chi connectivity index (χ3v) is 5.92. The highest BCUT2D eigenvalue weighted by atomic mass is 32.2. The van der Waals surface area contributed by atoms with Gasteiger partial charge in [-0.1, -0.05) is 0 Å². The van der Waals surface area contributed by atoms with Gasteiger partial charge in [0.2, 0.25) is 15.9 Å². The molecule has 23 heavy (non-hydrogen) atoms. The number of hydrogen-bond acceptors (Lipinski definition) is 4. The van der Waals surface area contributed by atoms with Crippen LogP contribution in [0.25, 0.3) is 0 Å². The predicted octanol–water partition coefficient (Wildman–Crippen LogP) is 0.314. The number of likely N-dealkylation sites (tertiary alicyclic amines) is 1. The van der Waals surface area contributed by atoms with Crippen LogP contribution in [0, 0.1) is 11.7 Å². The third-order valence-electron chi connectivity index (χ3n) is 4.38. The van der Waals surface area contributed by atoms with Gasteiger partial charge in [0.15, 0.2) is 0 Å². The Bertz CT molecular complexity index is 666. The Balaban J connectivity index is 1.55. The highest BCUT2D eigenvalue weighted by molar-refractivity contribution is 7.89. The van der Waals surface area contributed by atoms with Gasteiger partial charge in [-0.05, 0) is 37.1 Å². The number of rotatable bonds is 4. The molecule has 0 bridgehead atoms. The summed E-state index contributed by atoms with van der Waals surface area (Å²) in [6, 6.07) is 4.55. The molecule has 2 fully saturated rings. The highest BCUT2D eigenvalue weighted by Crippen LogP contribution is 2.18. The molecule has 1 aromatic carbocycles. The van der Waals surface area contributed by atoms with Crippen LogP contribution in [0.5, 0.6) is 0 Å². The van der Waals surface area contributed by atoms with Crippen molar-refractivity contribution >= 4 is 15.9 Å². The summed E-state index contributed by atoms with van der Waals surface area (Å²) < 4.78 is 40.1. The third kappa shape index (κ3) is 3.70. The second-order valence-electron chi connectivity index (χ2n) is 6.03. The number of hydrogen-bond donors (Lipinski definition) is 2. The van der Waals surface area contributed by atoms with Crippen molar-refractivity contribution in [3.05, 3.63) is 30.1 Å². The van der Waals surface area contributed by atoms with Gasteiger partial charge < -0.3 is 10.2 Å². The van der Waals surface area contributed by atoms with Gasteiger partial charge in [-0.2, -0.15) is 0 Å². The minimum absolute atomic E-state index is 0.0537. The van der Waals surface area contributed by atoms with E-state index in [1.165, 1.54) is 12.1 Å². The average molecular weight is 341 g/mol. The van der Waals surface area contributed by atoms with Gasteiger partial charge in [0.05, 0.1) is 10.8 Å². The standard InChI is InChI=1S/C15H20FN3O3S/c16-12-1-3-14(4-2-12)23(21,22)18-13-5-7-19(8-6-13)15(20)11-9-17-10-11/h1-4,11,13,17-18H,5-10H2. The molecule has 2 heterocycles. The molecule has 0 saturated carbocycles. The SMILES string of the molecule is O=C(C1CNC1)N1CCC(NS(=O)(=O)c2ccc(F)cc2)CC1. The lowest BCUT2D eigenvalue weighted by atomic mass is 9.99. The smallest absolute Gasteiger partial charge is 0.240 e. The topological polar surface area (TPSA) is 78.5 Å². The van der Waals surface area contributed by atoms with Gasteiger partial charge in [0.25, 0.3) is 0 Å². The van der Waals surface area contributed by atoms with E-state index in [4.69, 9.17) is 0 Å². The zero-order valence-corrected chi connectivity index (χ0v) is 13.5. The molecule has 8 heteroatoms. The lowest BCUT2D eigenvalue weighted by Gasteiger charge is -2.37. The average Bonchev–Trinajstić information content (AvgIpc) is 2.46. The van der Waals surface area contributed by atoms with Crippen LogP contribution in [0.15, 0.2) is 29.2 Å². The number of amides is 1. The monoisotopic (exact) mass is 341 g/mol. The quantitative estimate of drug-likeness (QED) is 0.826. The molecule has 126 valence electrons. The fourth-order valence-electron chi connectivity index (χ4n) is 2.84. The number of carbonyl (C=O) groups is 1. The minimum Gasteiger partial charge on any atom is -0.342 e. The maximum absolute atomic E-state index is 12.9. The van der Waals surface area contributed by atoms with Crippen LogP contribution < -0.4 is 10.0 Å². The van der Waals surface area contributed by atoms with E-state index in [0.29, 0.717) is 25.9 Å². The summed E-state index contributed by atoms with van der Waals surface area (Å²) in [5.74, 6) is -0.243. The summed E-state index contributed by atoms with van der Waals surface area (Å²) in [4.78, 5) is 14.0. The van der Waals surface area contributed by atoms with Crippen LogP contribution in [0.3, 0.4) is 0 Å². The Kier molecular flexibility index (Phi) is 4.65. The summed E-state index contributed by atoms with van der Waals surface area (Å²) >= 11 is 0. The Morgan fingerprint density at radius 2 is 1.78 bits per heavy atom. The molecule has 0 unspecified atom stereocenters. The van der Waals surface area contributed by atoms with Gasteiger partial charge in [-0.3, -0.25) is 4.79 Å². The molecular formula is C15H20FN3O3S. The molecule has 2 aliphatic heterocycles. The maximum Gasteiger partial charge on any atom is 0.240 e. The van der Waals surface area contributed by atoms with E-state index in [1.54, 1.807) is 0 Å². The zero-order chi connectivity index (χ0) is 16.4. The predicted molar refractivity (Wildman–Crippen MR) is 82.7 cm³/mol. The summed E-state index contributed by atoms with van der Waals surface area (Å²) in [5.41, 5.74) is 0. The normalized spacial score (nSPS) is 20.3. The highest BCUT2D eigenvalue weighted by Gasteiger charge is 2.32. The second kappa shape index (κ2) is 6.54. The largest absolute Gasteiger partial charge is 0.342 e. The fraction of sp³-hybridized carbons (Fsp3) is 0.533. The molecule has 1 amide bonds. The van der Waals surface area contributed by atoms with E-state index < -0.39 is 15.8 Å². The van der Waals surface area contributed by atoms with Crippen LogP contribution in [0.1, 0.15) is 12.8 Å². The zero-order valence-electron chi connectivity index (χ0n) is 12.7. The molecule has 0 atom stereocenters. The number of nitrogens with one attached hydrogen (secondary N) is 2.